The first-order chi connectivity index (χ1) is 15.9. The van der Waals surface area contributed by atoms with Crippen LogP contribution in [0.15, 0.2) is 36.4 Å². The number of hydrogen-bond donors (Lipinski definition) is 2. The molecule has 0 bridgehead atoms. The lowest BCUT2D eigenvalue weighted by molar-refractivity contribution is -0.136. The van der Waals surface area contributed by atoms with Gasteiger partial charge in [0.05, 0.1) is 24.5 Å². The number of ether oxygens (including phenoxy) is 1. The zero-order chi connectivity index (χ0) is 23.3. The number of benzene rings is 3. The highest BCUT2D eigenvalue weighted by molar-refractivity contribution is 7.85. The molecule has 0 saturated carbocycles. The van der Waals surface area contributed by atoms with Gasteiger partial charge in [-0.3, -0.25) is 4.79 Å². The Kier molecular flexibility index (Phi) is 5.49. The van der Waals surface area contributed by atoms with Crippen molar-refractivity contribution in [2.24, 2.45) is 0 Å². The van der Waals surface area contributed by atoms with Crippen molar-refractivity contribution in [3.05, 3.63) is 69.8 Å². The average molecular weight is 462 g/mol. The van der Waals surface area contributed by atoms with Gasteiger partial charge in [0.2, 0.25) is 0 Å². The second kappa shape index (κ2) is 8.34. The van der Waals surface area contributed by atoms with Crippen LogP contribution in [0, 0.1) is 20.8 Å². The van der Waals surface area contributed by atoms with Crippen molar-refractivity contribution in [3.8, 4) is 28.0 Å². The van der Waals surface area contributed by atoms with E-state index in [4.69, 9.17) is 4.74 Å². The van der Waals surface area contributed by atoms with Crippen LogP contribution >= 0.6 is 0 Å². The van der Waals surface area contributed by atoms with E-state index in [1.807, 2.05) is 31.2 Å². The summed E-state index contributed by atoms with van der Waals surface area (Å²) in [6, 6.07) is 12.1. The fourth-order valence-electron chi connectivity index (χ4n) is 5.33. The predicted molar refractivity (Wildman–Crippen MR) is 132 cm³/mol. The maximum absolute atomic E-state index is 12.8. The summed E-state index contributed by atoms with van der Waals surface area (Å²) in [5, 5.41) is 9.78. The molecule has 0 aliphatic carbocycles. The third-order valence-electron chi connectivity index (χ3n) is 6.90. The smallest absolute Gasteiger partial charge is 0.307 e. The Morgan fingerprint density at radius 2 is 1.82 bits per heavy atom. The summed E-state index contributed by atoms with van der Waals surface area (Å²) in [5.74, 6) is 0.448. The Bertz CT molecular complexity index is 1330. The molecule has 170 valence electrons. The number of carboxylic acids is 1. The lowest BCUT2D eigenvalue weighted by Crippen LogP contribution is -2.13. The molecule has 3 aromatic rings. The third-order valence-corrected chi connectivity index (χ3v) is 7.91. The van der Waals surface area contributed by atoms with E-state index in [2.05, 4.69) is 30.7 Å². The van der Waals surface area contributed by atoms with Gasteiger partial charge in [0.1, 0.15) is 16.7 Å². The molecule has 0 radical (unpaired) electrons. The molecule has 2 N–H and O–H groups in total. The van der Waals surface area contributed by atoms with Gasteiger partial charge < -0.3 is 14.6 Å². The van der Waals surface area contributed by atoms with Gasteiger partial charge in [0.25, 0.3) is 0 Å². The van der Waals surface area contributed by atoms with Crippen molar-refractivity contribution in [3.63, 3.8) is 0 Å². The highest BCUT2D eigenvalue weighted by Crippen LogP contribution is 2.47. The lowest BCUT2D eigenvalue weighted by atomic mass is 9.80. The number of rotatable bonds is 3. The molecule has 3 aromatic carbocycles. The summed E-state index contributed by atoms with van der Waals surface area (Å²) < 4.78 is 21.9. The molecule has 0 saturated heterocycles. The highest BCUT2D eigenvalue weighted by atomic mass is 32.2. The Morgan fingerprint density at radius 1 is 1.03 bits per heavy atom. The maximum Gasteiger partial charge on any atom is 0.307 e. The quantitative estimate of drug-likeness (QED) is 0.541. The summed E-state index contributed by atoms with van der Waals surface area (Å²) in [5.41, 5.74) is 10.8. The van der Waals surface area contributed by atoms with Gasteiger partial charge in [-0.2, -0.15) is 0 Å². The van der Waals surface area contributed by atoms with E-state index >= 15 is 0 Å². The topological polar surface area (TPSA) is 75.6 Å². The second-order valence-electron chi connectivity index (χ2n) is 8.84. The molecule has 2 heterocycles. The van der Waals surface area contributed by atoms with Crippen LogP contribution in [0.25, 0.3) is 22.3 Å². The van der Waals surface area contributed by atoms with Crippen molar-refractivity contribution >= 4 is 22.6 Å². The van der Waals surface area contributed by atoms with Crippen LogP contribution in [-0.4, -0.2) is 21.9 Å². The maximum atomic E-state index is 12.8. The van der Waals surface area contributed by atoms with Crippen molar-refractivity contribution < 1.29 is 18.8 Å². The molecule has 2 aliphatic rings. The van der Waals surface area contributed by atoms with Crippen molar-refractivity contribution in [2.75, 3.05) is 11.3 Å². The van der Waals surface area contributed by atoms with Gasteiger partial charge >= 0.3 is 5.97 Å². The van der Waals surface area contributed by atoms with E-state index in [1.165, 1.54) is 5.56 Å². The summed E-state index contributed by atoms with van der Waals surface area (Å²) in [6.45, 7) is 6.83. The van der Waals surface area contributed by atoms with E-state index in [0.29, 0.717) is 5.75 Å². The molecule has 6 heteroatoms. The number of anilines is 1. The van der Waals surface area contributed by atoms with E-state index in [0.717, 1.165) is 81.0 Å². The van der Waals surface area contributed by atoms with E-state index in [9.17, 15) is 14.1 Å². The van der Waals surface area contributed by atoms with Crippen LogP contribution in [0.5, 0.6) is 5.75 Å². The first-order valence-electron chi connectivity index (χ1n) is 11.2. The highest BCUT2D eigenvalue weighted by Gasteiger charge is 2.28. The van der Waals surface area contributed by atoms with E-state index in [1.54, 1.807) is 0 Å². The third kappa shape index (κ3) is 3.62. The Balaban J connectivity index is 1.87. The SMILES string of the molecule is Cc1c(-c2c(C)c3c(c(C)c2CC(=O)O)NS(=O)Cc2ccccc2-3)ccc2c1CCCO2. The molecular formula is C27H27NO4S. The molecule has 1 unspecified atom stereocenters. The molecule has 2 aliphatic heterocycles. The first-order valence-corrected chi connectivity index (χ1v) is 12.6. The second-order valence-corrected chi connectivity index (χ2v) is 10.0. The zero-order valence-corrected chi connectivity index (χ0v) is 19.9. The number of fused-ring (bicyclic) bond motifs is 4. The minimum absolute atomic E-state index is 0.0989. The largest absolute Gasteiger partial charge is 0.493 e. The fourth-order valence-corrected chi connectivity index (χ4v) is 6.42. The van der Waals surface area contributed by atoms with E-state index in [-0.39, 0.29) is 6.42 Å². The van der Waals surface area contributed by atoms with Crippen LogP contribution in [0.4, 0.5) is 5.69 Å². The number of nitrogens with one attached hydrogen (secondary N) is 1. The number of carboxylic acid groups (broad SMARTS) is 1. The van der Waals surface area contributed by atoms with Gasteiger partial charge in [-0.1, -0.05) is 30.3 Å². The Morgan fingerprint density at radius 3 is 2.61 bits per heavy atom. The van der Waals surface area contributed by atoms with Crippen LogP contribution < -0.4 is 9.46 Å². The molecule has 33 heavy (non-hydrogen) atoms. The van der Waals surface area contributed by atoms with Gasteiger partial charge in [-0.15, -0.1) is 0 Å². The monoisotopic (exact) mass is 461 g/mol. The molecule has 5 nitrogen and oxygen atoms in total. The molecule has 0 spiro atoms. The summed E-state index contributed by atoms with van der Waals surface area (Å²) in [7, 11) is -1.29. The van der Waals surface area contributed by atoms with Gasteiger partial charge in [-0.05, 0) is 89.8 Å². The van der Waals surface area contributed by atoms with Gasteiger partial charge in [0.15, 0.2) is 0 Å². The van der Waals surface area contributed by atoms with Crippen LogP contribution in [0.1, 0.15) is 39.8 Å². The lowest BCUT2D eigenvalue weighted by Gasteiger charge is -2.26. The van der Waals surface area contributed by atoms with Crippen LogP contribution in [0.2, 0.25) is 0 Å². The van der Waals surface area contributed by atoms with Crippen molar-refractivity contribution in [2.45, 2.75) is 45.8 Å². The Hall–Kier alpha value is -3.12. The normalized spacial score (nSPS) is 16.5. The standard InChI is InChI=1S/C27H27NO4S/c1-15-19-9-6-12-32-23(19)11-10-20(15)25-17(3)26-21-8-5-4-7-18(21)14-33(31)28-27(26)16(2)22(25)13-24(29)30/h4-5,7-8,10-11,28H,6,9,12-14H2,1-3H3,(H,29,30). The molecule has 5 rings (SSSR count). The number of carbonyl (C=O) groups is 1. The summed E-state index contributed by atoms with van der Waals surface area (Å²) in [4.78, 5) is 11.9. The van der Waals surface area contributed by atoms with Crippen LogP contribution in [-0.2, 0) is 34.4 Å². The molecule has 0 amide bonds. The number of hydrogen-bond acceptors (Lipinski definition) is 3. The minimum atomic E-state index is -1.29. The average Bonchev–Trinajstić information content (AvgIpc) is 2.94. The molecule has 0 aromatic heterocycles. The van der Waals surface area contributed by atoms with Crippen LogP contribution in [0.3, 0.4) is 0 Å². The van der Waals surface area contributed by atoms with Crippen molar-refractivity contribution in [1.82, 2.24) is 0 Å². The number of aliphatic carboxylic acids is 1. The van der Waals surface area contributed by atoms with Gasteiger partial charge in [-0.25, -0.2) is 4.21 Å². The molecular weight excluding hydrogens is 434 g/mol. The summed E-state index contributed by atoms with van der Waals surface area (Å²) >= 11 is 0. The summed E-state index contributed by atoms with van der Waals surface area (Å²) in [6.07, 6.45) is 1.83. The van der Waals surface area contributed by atoms with Crippen molar-refractivity contribution in [1.29, 1.82) is 0 Å². The van der Waals surface area contributed by atoms with E-state index < -0.39 is 17.0 Å². The Labute approximate surface area is 196 Å². The zero-order valence-electron chi connectivity index (χ0n) is 19.1. The first kappa shape index (κ1) is 21.7. The fraction of sp³-hybridized carbons (Fsp3) is 0.296. The predicted octanol–water partition coefficient (Wildman–Crippen LogP) is 5.49. The molecule has 0 fully saturated rings. The minimum Gasteiger partial charge on any atom is -0.493 e. The van der Waals surface area contributed by atoms with Gasteiger partial charge in [0, 0.05) is 5.56 Å². The molecule has 1 atom stereocenters.